The van der Waals surface area contributed by atoms with Gasteiger partial charge in [0.1, 0.15) is 0 Å². The zero-order valence-corrected chi connectivity index (χ0v) is 11.9. The highest BCUT2D eigenvalue weighted by Crippen LogP contribution is 2.40. The number of carbonyl (C=O) groups is 2. The van der Waals surface area contributed by atoms with Gasteiger partial charge in [0.2, 0.25) is 0 Å². The lowest BCUT2D eigenvalue weighted by Crippen LogP contribution is -2.27. The monoisotopic (exact) mass is 284 g/mol. The average molecular weight is 284 g/mol. The Hall–Kier alpha value is -2.36. The molecule has 1 aliphatic carbocycles. The number of benzene rings is 2. The van der Waals surface area contributed by atoms with Gasteiger partial charge in [-0.05, 0) is 52.3 Å². The van der Waals surface area contributed by atoms with Gasteiger partial charge in [0.05, 0.1) is 11.1 Å². The van der Waals surface area contributed by atoms with Crippen LogP contribution in [0, 0.1) is 5.41 Å². The molecule has 4 nitrogen and oxygen atoms in total. The minimum absolute atomic E-state index is 0.0171. The fourth-order valence-corrected chi connectivity index (χ4v) is 3.32. The van der Waals surface area contributed by atoms with Crippen molar-refractivity contribution in [3.63, 3.8) is 0 Å². The van der Waals surface area contributed by atoms with Crippen LogP contribution in [0.4, 0.5) is 0 Å². The van der Waals surface area contributed by atoms with Gasteiger partial charge in [-0.2, -0.15) is 0 Å². The first-order chi connectivity index (χ1) is 9.78. The number of hydrogen-bond acceptors (Lipinski definition) is 2. The van der Waals surface area contributed by atoms with Gasteiger partial charge in [-0.1, -0.05) is 26.0 Å². The van der Waals surface area contributed by atoms with Gasteiger partial charge in [0, 0.05) is 0 Å². The Morgan fingerprint density at radius 1 is 1.05 bits per heavy atom. The lowest BCUT2D eigenvalue weighted by molar-refractivity contribution is 0.0682. The summed E-state index contributed by atoms with van der Waals surface area (Å²) >= 11 is 0. The molecule has 1 aliphatic rings. The molecular formula is C17H16O4. The number of aromatic carboxylic acids is 2. The molecule has 4 heteroatoms. The molecule has 2 N–H and O–H groups in total. The summed E-state index contributed by atoms with van der Waals surface area (Å²) in [6.45, 7) is 4.24. The molecule has 108 valence electrons. The van der Waals surface area contributed by atoms with Crippen LogP contribution in [-0.4, -0.2) is 22.2 Å². The van der Waals surface area contributed by atoms with Gasteiger partial charge in [-0.3, -0.25) is 0 Å². The molecule has 0 aliphatic heterocycles. The number of carboxylic acid groups (broad SMARTS) is 2. The third-order valence-electron chi connectivity index (χ3n) is 4.11. The van der Waals surface area contributed by atoms with Crippen LogP contribution in [-0.2, 0) is 12.8 Å². The van der Waals surface area contributed by atoms with Gasteiger partial charge < -0.3 is 10.2 Å². The van der Waals surface area contributed by atoms with Crippen LogP contribution in [0.5, 0.6) is 0 Å². The fourth-order valence-electron chi connectivity index (χ4n) is 3.32. The highest BCUT2D eigenvalue weighted by molar-refractivity contribution is 6.02. The summed E-state index contributed by atoms with van der Waals surface area (Å²) in [5, 5.41) is 20.2. The molecule has 0 amide bonds. The third kappa shape index (κ3) is 2.17. The lowest BCUT2D eigenvalue weighted by Gasteiger charge is -2.33. The van der Waals surface area contributed by atoms with E-state index in [1.165, 1.54) is 6.07 Å². The molecule has 0 spiro atoms. The molecule has 0 unspecified atom stereocenters. The quantitative estimate of drug-likeness (QED) is 0.886. The second kappa shape index (κ2) is 4.32. The summed E-state index contributed by atoms with van der Waals surface area (Å²) in [4.78, 5) is 22.7. The smallest absolute Gasteiger partial charge is 0.336 e. The Labute approximate surface area is 122 Å². The molecule has 0 aromatic heterocycles. The molecule has 0 radical (unpaired) electrons. The molecule has 0 fully saturated rings. The minimum Gasteiger partial charge on any atom is -0.478 e. The predicted octanol–water partition coefficient (Wildman–Crippen LogP) is 3.36. The van der Waals surface area contributed by atoms with E-state index in [2.05, 4.69) is 13.8 Å². The first-order valence-corrected chi connectivity index (χ1v) is 6.84. The van der Waals surface area contributed by atoms with E-state index < -0.39 is 11.9 Å². The summed E-state index contributed by atoms with van der Waals surface area (Å²) in [7, 11) is 0. The zero-order chi connectivity index (χ0) is 15.4. The Morgan fingerprint density at radius 3 is 2.38 bits per heavy atom. The van der Waals surface area contributed by atoms with Crippen LogP contribution in [0.3, 0.4) is 0 Å². The predicted molar refractivity (Wildman–Crippen MR) is 79.1 cm³/mol. The van der Waals surface area contributed by atoms with Crippen molar-refractivity contribution in [2.24, 2.45) is 5.41 Å². The summed E-state index contributed by atoms with van der Waals surface area (Å²) in [5.41, 5.74) is 2.25. The molecule has 0 atom stereocenters. The Balaban J connectivity index is 2.34. The molecular weight excluding hydrogens is 268 g/mol. The molecule has 2 aromatic carbocycles. The molecule has 0 saturated heterocycles. The van der Waals surface area contributed by atoms with Gasteiger partial charge in [0.15, 0.2) is 0 Å². The highest BCUT2D eigenvalue weighted by atomic mass is 16.4. The number of hydrogen-bond donors (Lipinski definition) is 2. The van der Waals surface area contributed by atoms with Crippen LogP contribution in [0.1, 0.15) is 45.7 Å². The largest absolute Gasteiger partial charge is 0.478 e. The zero-order valence-electron chi connectivity index (χ0n) is 11.9. The molecule has 0 heterocycles. The lowest BCUT2D eigenvalue weighted by atomic mass is 9.71. The first kappa shape index (κ1) is 13.6. The van der Waals surface area contributed by atoms with E-state index in [1.807, 2.05) is 6.07 Å². The van der Waals surface area contributed by atoms with Crippen LogP contribution >= 0.6 is 0 Å². The first-order valence-electron chi connectivity index (χ1n) is 6.84. The maximum Gasteiger partial charge on any atom is 0.336 e. The van der Waals surface area contributed by atoms with Crippen molar-refractivity contribution in [1.29, 1.82) is 0 Å². The van der Waals surface area contributed by atoms with Gasteiger partial charge in [-0.25, -0.2) is 9.59 Å². The average Bonchev–Trinajstić information content (AvgIpc) is 2.35. The Bertz CT molecular complexity index is 787. The summed E-state index contributed by atoms with van der Waals surface area (Å²) in [6.07, 6.45) is 1.38. The number of carboxylic acids is 2. The Kier molecular flexibility index (Phi) is 2.80. The van der Waals surface area contributed by atoms with Crippen LogP contribution in [0.15, 0.2) is 24.3 Å². The van der Waals surface area contributed by atoms with E-state index in [4.69, 9.17) is 5.11 Å². The van der Waals surface area contributed by atoms with E-state index >= 15 is 0 Å². The second-order valence-corrected chi connectivity index (χ2v) is 6.45. The van der Waals surface area contributed by atoms with Crippen molar-refractivity contribution in [3.05, 3.63) is 46.5 Å². The van der Waals surface area contributed by atoms with Crippen molar-refractivity contribution in [2.45, 2.75) is 26.7 Å². The summed E-state index contributed by atoms with van der Waals surface area (Å²) < 4.78 is 0. The van der Waals surface area contributed by atoms with Crippen molar-refractivity contribution in [2.75, 3.05) is 0 Å². The van der Waals surface area contributed by atoms with Crippen LogP contribution in [0.2, 0.25) is 0 Å². The Morgan fingerprint density at radius 2 is 1.76 bits per heavy atom. The van der Waals surface area contributed by atoms with Gasteiger partial charge >= 0.3 is 11.9 Å². The minimum atomic E-state index is -0.972. The molecule has 21 heavy (non-hydrogen) atoms. The topological polar surface area (TPSA) is 74.6 Å². The molecule has 3 rings (SSSR count). The van der Waals surface area contributed by atoms with E-state index in [0.717, 1.165) is 21.9 Å². The van der Waals surface area contributed by atoms with E-state index in [0.29, 0.717) is 18.4 Å². The second-order valence-electron chi connectivity index (χ2n) is 6.45. The van der Waals surface area contributed by atoms with E-state index in [-0.39, 0.29) is 11.0 Å². The molecule has 2 aromatic rings. The van der Waals surface area contributed by atoms with Crippen LogP contribution < -0.4 is 0 Å². The van der Waals surface area contributed by atoms with E-state index in [1.54, 1.807) is 12.1 Å². The van der Waals surface area contributed by atoms with Crippen molar-refractivity contribution in [3.8, 4) is 0 Å². The highest BCUT2D eigenvalue weighted by Gasteiger charge is 2.32. The third-order valence-corrected chi connectivity index (χ3v) is 4.11. The molecule has 0 saturated carbocycles. The standard InChI is InChI=1S/C17H16O4/c1-17(2)7-11-6-10-5-9(15(18)19)3-4-12(10)13(8-17)14(11)16(20)21/h3-6H,7-8H2,1-2H3,(H,18,19)(H,20,21). The number of fused-ring (bicyclic) bond motifs is 4. The maximum atomic E-state index is 11.6. The van der Waals surface area contributed by atoms with Gasteiger partial charge in [0.25, 0.3) is 0 Å². The van der Waals surface area contributed by atoms with Crippen molar-refractivity contribution < 1.29 is 19.8 Å². The van der Waals surface area contributed by atoms with Gasteiger partial charge in [-0.15, -0.1) is 0 Å². The summed E-state index contributed by atoms with van der Waals surface area (Å²) in [6, 6.07) is 6.71. The maximum absolute atomic E-state index is 11.6. The SMILES string of the molecule is CC1(C)Cc2cc3cc(C(=O)O)ccc3c(c2C(=O)O)C1. The van der Waals surface area contributed by atoms with E-state index in [9.17, 15) is 14.7 Å². The normalized spacial score (nSPS) is 15.9. The number of rotatable bonds is 2. The van der Waals surface area contributed by atoms with Crippen molar-refractivity contribution >= 4 is 22.7 Å². The summed E-state index contributed by atoms with van der Waals surface area (Å²) in [5.74, 6) is -1.88. The van der Waals surface area contributed by atoms with Crippen LogP contribution in [0.25, 0.3) is 10.8 Å². The molecule has 2 bridgehead atoms. The fraction of sp³-hybridized carbons (Fsp3) is 0.294. The van der Waals surface area contributed by atoms with Crippen molar-refractivity contribution in [1.82, 2.24) is 0 Å².